The van der Waals surface area contributed by atoms with E-state index in [0.717, 1.165) is 22.0 Å². The number of nitrogens with zero attached hydrogens (tertiary/aromatic N) is 3. The van der Waals surface area contributed by atoms with E-state index in [1.54, 1.807) is 23.8 Å². The van der Waals surface area contributed by atoms with E-state index in [1.165, 1.54) is 0 Å². The van der Waals surface area contributed by atoms with E-state index in [-0.39, 0.29) is 18.6 Å². The van der Waals surface area contributed by atoms with Crippen LogP contribution >= 0.6 is 0 Å². The molecule has 1 atom stereocenters. The highest BCUT2D eigenvalue weighted by Crippen LogP contribution is 2.39. The maximum atomic E-state index is 13.4. The molecule has 0 radical (unpaired) electrons. The lowest BCUT2D eigenvalue weighted by Gasteiger charge is -2.31. The van der Waals surface area contributed by atoms with Crippen LogP contribution in [0.15, 0.2) is 40.3 Å². The molecule has 2 aliphatic heterocycles. The van der Waals surface area contributed by atoms with Crippen molar-refractivity contribution in [2.45, 2.75) is 58.5 Å². The quantitative estimate of drug-likeness (QED) is 0.294. The molecule has 0 unspecified atom stereocenters. The zero-order valence-electron chi connectivity index (χ0n) is 19.0. The second kappa shape index (κ2) is 7.25. The van der Waals surface area contributed by atoms with Gasteiger partial charge in [0.1, 0.15) is 12.2 Å². The Morgan fingerprint density at radius 3 is 2.76 bits per heavy atom. The molecule has 0 amide bonds. The number of fused-ring (bicyclic) bond motifs is 5. The number of para-hydroxylation sites is 1. The fraction of sp³-hybridized carbons (Fsp3) is 0.360. The van der Waals surface area contributed by atoms with Gasteiger partial charge < -0.3 is 19.2 Å². The van der Waals surface area contributed by atoms with Gasteiger partial charge in [-0.05, 0) is 39.3 Å². The summed E-state index contributed by atoms with van der Waals surface area (Å²) in [7, 11) is 0. The fourth-order valence-corrected chi connectivity index (χ4v) is 4.44. The highest BCUT2D eigenvalue weighted by Gasteiger charge is 2.45. The molecule has 0 saturated heterocycles. The highest BCUT2D eigenvalue weighted by molar-refractivity contribution is 6.02. The summed E-state index contributed by atoms with van der Waals surface area (Å²) in [6, 6.07) is 9.39. The van der Waals surface area contributed by atoms with E-state index in [4.69, 9.17) is 14.6 Å². The fourth-order valence-electron chi connectivity index (χ4n) is 4.44. The Bertz CT molecular complexity index is 1400. The van der Waals surface area contributed by atoms with Gasteiger partial charge in [-0.1, -0.05) is 30.3 Å². The van der Waals surface area contributed by atoms with Crippen molar-refractivity contribution in [3.8, 4) is 11.4 Å². The van der Waals surface area contributed by atoms with Crippen molar-refractivity contribution in [2.75, 3.05) is 0 Å². The summed E-state index contributed by atoms with van der Waals surface area (Å²) >= 11 is 0. The molecule has 33 heavy (non-hydrogen) atoms. The molecule has 0 aliphatic carbocycles. The number of oxime groups is 1. The molecule has 0 fully saturated rings. The molecule has 2 aromatic heterocycles. The summed E-state index contributed by atoms with van der Waals surface area (Å²) in [4.78, 5) is 36.2. The Balaban J connectivity index is 1.75. The van der Waals surface area contributed by atoms with Gasteiger partial charge in [-0.3, -0.25) is 4.79 Å². The van der Waals surface area contributed by atoms with E-state index in [2.05, 4.69) is 5.16 Å². The van der Waals surface area contributed by atoms with E-state index >= 15 is 0 Å². The summed E-state index contributed by atoms with van der Waals surface area (Å²) < 4.78 is 6.76. The highest BCUT2D eigenvalue weighted by atomic mass is 16.6. The van der Waals surface area contributed by atoms with Crippen LogP contribution in [0, 0.1) is 0 Å². The Morgan fingerprint density at radius 1 is 1.27 bits per heavy atom. The number of carbonyl (C=O) groups is 1. The van der Waals surface area contributed by atoms with Crippen LogP contribution in [0.25, 0.3) is 22.3 Å². The van der Waals surface area contributed by atoms with Crippen molar-refractivity contribution < 1.29 is 19.5 Å². The van der Waals surface area contributed by atoms with E-state index in [9.17, 15) is 14.7 Å². The minimum atomic E-state index is -1.85. The van der Waals surface area contributed by atoms with Gasteiger partial charge >= 0.3 is 5.97 Å². The number of aromatic nitrogens is 2. The maximum absolute atomic E-state index is 13.4. The summed E-state index contributed by atoms with van der Waals surface area (Å²) in [5, 5.41) is 16.1. The standard InChI is InChI=1S/C25H25N3O5/c1-5-25(31)18-10-20-21-16(12-28(20)22(29)17(18)13-32-23(25)30)15(11-26-33-24(2,3)4)14-8-6-7-9-19(14)27-21/h6-11,31H,5,12-13H2,1-4H3/t25-/m0/s1. The first-order valence-corrected chi connectivity index (χ1v) is 10.9. The molecular weight excluding hydrogens is 422 g/mol. The normalized spacial score (nSPS) is 19.4. The van der Waals surface area contributed by atoms with Crippen LogP contribution in [0.5, 0.6) is 0 Å². The second-order valence-electron chi connectivity index (χ2n) is 9.41. The SMILES string of the molecule is CC[C@@]1(O)C(=O)OCc2c1cc1n(c2=O)Cc2c-1nc1ccccc1c2C=NOC(C)(C)C. The van der Waals surface area contributed by atoms with E-state index < -0.39 is 17.2 Å². The van der Waals surface area contributed by atoms with Crippen LogP contribution < -0.4 is 5.56 Å². The molecule has 5 rings (SSSR count). The van der Waals surface area contributed by atoms with Crippen molar-refractivity contribution in [3.63, 3.8) is 0 Å². The molecule has 8 heteroatoms. The molecule has 4 heterocycles. The minimum absolute atomic E-state index is 0.0990. The number of hydrogen-bond donors (Lipinski definition) is 1. The maximum Gasteiger partial charge on any atom is 0.343 e. The monoisotopic (exact) mass is 447 g/mol. The van der Waals surface area contributed by atoms with E-state index in [1.807, 2.05) is 45.0 Å². The van der Waals surface area contributed by atoms with Crippen molar-refractivity contribution in [3.05, 3.63) is 62.9 Å². The number of pyridine rings is 2. The van der Waals surface area contributed by atoms with Gasteiger partial charge in [0.25, 0.3) is 5.56 Å². The topological polar surface area (TPSA) is 103 Å². The van der Waals surface area contributed by atoms with Gasteiger partial charge in [0.05, 0.1) is 35.2 Å². The lowest BCUT2D eigenvalue weighted by molar-refractivity contribution is -0.172. The number of hydrogen-bond acceptors (Lipinski definition) is 7. The Morgan fingerprint density at radius 2 is 2.03 bits per heavy atom. The van der Waals surface area contributed by atoms with Gasteiger partial charge in [-0.25, -0.2) is 9.78 Å². The van der Waals surface area contributed by atoms with Crippen LogP contribution in [0.4, 0.5) is 0 Å². The molecule has 8 nitrogen and oxygen atoms in total. The first kappa shape index (κ1) is 21.3. The van der Waals surface area contributed by atoms with Gasteiger partial charge in [-0.15, -0.1) is 0 Å². The van der Waals surface area contributed by atoms with Crippen LogP contribution in [-0.4, -0.2) is 32.4 Å². The van der Waals surface area contributed by atoms with Crippen LogP contribution in [-0.2, 0) is 33.1 Å². The van der Waals surface area contributed by atoms with Gasteiger partial charge in [-0.2, -0.15) is 0 Å². The summed E-state index contributed by atoms with van der Waals surface area (Å²) in [6.07, 6.45) is 1.77. The van der Waals surface area contributed by atoms with Crippen LogP contribution in [0.2, 0.25) is 0 Å². The molecule has 170 valence electrons. The largest absolute Gasteiger partial charge is 0.458 e. The molecule has 0 saturated carbocycles. The van der Waals surface area contributed by atoms with Crippen molar-refractivity contribution in [2.24, 2.45) is 5.16 Å². The first-order chi connectivity index (χ1) is 15.6. The minimum Gasteiger partial charge on any atom is -0.458 e. The molecule has 2 aliphatic rings. The zero-order chi connectivity index (χ0) is 23.5. The molecule has 0 bridgehead atoms. The Hall–Kier alpha value is -3.52. The zero-order valence-corrected chi connectivity index (χ0v) is 19.0. The van der Waals surface area contributed by atoms with Crippen molar-refractivity contribution >= 4 is 23.1 Å². The molecule has 3 aromatic rings. The number of rotatable bonds is 3. The average Bonchev–Trinajstić information content (AvgIpc) is 3.14. The first-order valence-electron chi connectivity index (χ1n) is 10.9. The van der Waals surface area contributed by atoms with Crippen LogP contribution in [0.3, 0.4) is 0 Å². The van der Waals surface area contributed by atoms with Crippen LogP contribution in [0.1, 0.15) is 56.4 Å². The smallest absolute Gasteiger partial charge is 0.343 e. The predicted molar refractivity (Wildman–Crippen MR) is 123 cm³/mol. The third kappa shape index (κ3) is 3.24. The number of ether oxygens (including phenoxy) is 1. The lowest BCUT2D eigenvalue weighted by atomic mass is 9.86. The molecule has 1 N–H and O–H groups in total. The van der Waals surface area contributed by atoms with Gasteiger partial charge in [0.15, 0.2) is 5.60 Å². The number of aliphatic hydroxyl groups is 1. The van der Waals surface area contributed by atoms with Gasteiger partial charge in [0, 0.05) is 22.1 Å². The Labute approximate surface area is 190 Å². The van der Waals surface area contributed by atoms with E-state index in [0.29, 0.717) is 29.1 Å². The summed E-state index contributed by atoms with van der Waals surface area (Å²) in [6.45, 7) is 7.57. The third-order valence-electron chi connectivity index (χ3n) is 6.15. The van der Waals surface area contributed by atoms with Crippen molar-refractivity contribution in [1.82, 2.24) is 9.55 Å². The number of carbonyl (C=O) groups excluding carboxylic acids is 1. The van der Waals surface area contributed by atoms with Gasteiger partial charge in [0.2, 0.25) is 0 Å². The summed E-state index contributed by atoms with van der Waals surface area (Å²) in [5.74, 6) is -0.737. The lowest BCUT2D eigenvalue weighted by Crippen LogP contribution is -2.44. The third-order valence-corrected chi connectivity index (χ3v) is 6.15. The molecule has 1 aromatic carbocycles. The second-order valence-corrected chi connectivity index (χ2v) is 9.41. The predicted octanol–water partition coefficient (Wildman–Crippen LogP) is 3.23. The number of cyclic esters (lactones) is 1. The summed E-state index contributed by atoms with van der Waals surface area (Å²) in [5.41, 5.74) is 1.59. The Kier molecular flexibility index (Phi) is 4.68. The molecular formula is C25H25N3O5. The number of benzene rings is 1. The average molecular weight is 447 g/mol. The molecule has 0 spiro atoms. The van der Waals surface area contributed by atoms with Crippen molar-refractivity contribution in [1.29, 1.82) is 0 Å². The number of esters is 1.